The van der Waals surface area contributed by atoms with Crippen molar-refractivity contribution in [3.8, 4) is 11.5 Å². The standard InChI is InChI=1S/2C10H9O4P.Ca.H2O/c2*11-15(12,13)14-10-6-5-8-3-1-2-4-9(8)7-10;;/h2*1-7H,(H2,11,12,13);;1H2/q;;+2;/p-2. The summed E-state index contributed by atoms with van der Waals surface area (Å²) in [6, 6.07) is 24.4. The van der Waals surface area contributed by atoms with E-state index in [0.717, 1.165) is 21.5 Å². The summed E-state index contributed by atoms with van der Waals surface area (Å²) in [6.45, 7) is 0. The maximum absolute atomic E-state index is 10.5. The SMILES string of the molecule is O.O=P([O-])(O)Oc1ccc2ccccc2c1.O=P([O-])(O)Oc1ccc2ccccc2c1.[Ca+2]. The fourth-order valence-corrected chi connectivity index (χ4v) is 3.47. The molecule has 0 amide bonds. The van der Waals surface area contributed by atoms with E-state index in [1.807, 2.05) is 48.5 Å². The number of rotatable bonds is 4. The molecule has 0 radical (unpaired) electrons. The molecule has 0 heterocycles. The van der Waals surface area contributed by atoms with Crippen LogP contribution in [-0.2, 0) is 9.13 Å². The molecule has 4 rings (SSSR count). The summed E-state index contributed by atoms with van der Waals surface area (Å²) in [6.07, 6.45) is 0. The Bertz CT molecular complexity index is 1170. The summed E-state index contributed by atoms with van der Waals surface area (Å²) in [4.78, 5) is 38.0. The maximum atomic E-state index is 10.5. The van der Waals surface area contributed by atoms with Crippen LogP contribution in [0.2, 0.25) is 0 Å². The Kier molecular flexibility index (Phi) is 10.8. The van der Waals surface area contributed by atoms with Crippen molar-refractivity contribution < 1.29 is 43.2 Å². The minimum absolute atomic E-state index is 0. The smallest absolute Gasteiger partial charge is 0.746 e. The molecule has 9 nitrogen and oxygen atoms in total. The first-order chi connectivity index (χ1) is 14.1. The van der Waals surface area contributed by atoms with Gasteiger partial charge in [0.15, 0.2) is 0 Å². The molecule has 4 aromatic carbocycles. The van der Waals surface area contributed by atoms with Gasteiger partial charge in [-0.05, 0) is 45.8 Å². The van der Waals surface area contributed by atoms with E-state index in [-0.39, 0.29) is 54.7 Å². The van der Waals surface area contributed by atoms with E-state index in [4.69, 9.17) is 9.79 Å². The van der Waals surface area contributed by atoms with Crippen LogP contribution in [0, 0.1) is 0 Å². The van der Waals surface area contributed by atoms with Crippen LogP contribution in [0.4, 0.5) is 0 Å². The van der Waals surface area contributed by atoms with E-state index in [1.165, 1.54) is 12.1 Å². The molecule has 164 valence electrons. The van der Waals surface area contributed by atoms with Crippen LogP contribution < -0.4 is 18.8 Å². The second-order valence-corrected chi connectivity index (χ2v) is 8.38. The van der Waals surface area contributed by atoms with E-state index < -0.39 is 15.6 Å². The zero-order valence-corrected chi connectivity index (χ0v) is 20.5. The van der Waals surface area contributed by atoms with Crippen LogP contribution in [-0.4, -0.2) is 53.0 Å². The summed E-state index contributed by atoms with van der Waals surface area (Å²) in [5.74, 6) is 0.212. The van der Waals surface area contributed by atoms with E-state index in [0.29, 0.717) is 0 Å². The Hall–Kier alpha value is -1.48. The first kappa shape index (κ1) is 28.6. The minimum atomic E-state index is -4.72. The van der Waals surface area contributed by atoms with Gasteiger partial charge in [0.2, 0.25) is 0 Å². The molecule has 0 aliphatic rings. The Morgan fingerprint density at radius 2 is 0.906 bits per heavy atom. The van der Waals surface area contributed by atoms with Gasteiger partial charge in [-0.25, -0.2) is 0 Å². The van der Waals surface area contributed by atoms with Crippen LogP contribution >= 0.6 is 15.6 Å². The van der Waals surface area contributed by atoms with Gasteiger partial charge in [-0.2, -0.15) is 0 Å². The Morgan fingerprint density at radius 3 is 1.22 bits per heavy atom. The van der Waals surface area contributed by atoms with Crippen LogP contribution in [0.15, 0.2) is 84.9 Å². The first-order valence-corrected chi connectivity index (χ1v) is 11.5. The van der Waals surface area contributed by atoms with Crippen molar-refractivity contribution in [3.63, 3.8) is 0 Å². The van der Waals surface area contributed by atoms with E-state index in [1.54, 1.807) is 24.3 Å². The molecular weight excluding hydrogens is 486 g/mol. The van der Waals surface area contributed by atoms with Crippen molar-refractivity contribution in [3.05, 3.63) is 84.9 Å². The summed E-state index contributed by atoms with van der Waals surface area (Å²) >= 11 is 0. The topological polar surface area (TPSA) is 171 Å². The van der Waals surface area contributed by atoms with Gasteiger partial charge in [-0.3, -0.25) is 9.13 Å². The molecule has 0 saturated carbocycles. The summed E-state index contributed by atoms with van der Waals surface area (Å²) in [5.41, 5.74) is 0. The molecule has 12 heteroatoms. The van der Waals surface area contributed by atoms with Gasteiger partial charge in [0, 0.05) is 0 Å². The Morgan fingerprint density at radius 1 is 0.594 bits per heavy atom. The normalized spacial score (nSPS) is 13.9. The van der Waals surface area contributed by atoms with Crippen molar-refractivity contribution in [2.75, 3.05) is 0 Å². The molecular formula is C20H18CaO9P2. The van der Waals surface area contributed by atoms with Crippen molar-refractivity contribution in [1.82, 2.24) is 0 Å². The van der Waals surface area contributed by atoms with Gasteiger partial charge in [0.05, 0.1) is 0 Å². The summed E-state index contributed by atoms with van der Waals surface area (Å²) in [7, 11) is -9.43. The Labute approximate surface area is 213 Å². The van der Waals surface area contributed by atoms with Crippen LogP contribution in [0.5, 0.6) is 11.5 Å². The molecule has 0 spiro atoms. The number of hydrogen-bond acceptors (Lipinski definition) is 6. The average Bonchev–Trinajstić information content (AvgIpc) is 2.66. The van der Waals surface area contributed by atoms with Crippen LogP contribution in [0.1, 0.15) is 0 Å². The second-order valence-electron chi connectivity index (χ2n) is 6.14. The third-order valence-corrected chi connectivity index (χ3v) is 4.77. The van der Waals surface area contributed by atoms with Gasteiger partial charge in [-0.1, -0.05) is 60.7 Å². The van der Waals surface area contributed by atoms with E-state index >= 15 is 0 Å². The molecule has 2 atom stereocenters. The molecule has 0 fully saturated rings. The Balaban J connectivity index is 0.000000301. The van der Waals surface area contributed by atoms with Gasteiger partial charge < -0.3 is 34.1 Å². The second kappa shape index (κ2) is 12.1. The number of phosphoric ester groups is 2. The average molecular weight is 504 g/mol. The van der Waals surface area contributed by atoms with Crippen molar-refractivity contribution in [2.45, 2.75) is 0 Å². The minimum Gasteiger partial charge on any atom is -0.746 e. The maximum Gasteiger partial charge on any atom is 2.00 e. The van der Waals surface area contributed by atoms with Gasteiger partial charge in [-0.15, -0.1) is 0 Å². The van der Waals surface area contributed by atoms with E-state index in [9.17, 15) is 18.9 Å². The number of benzene rings is 4. The largest absolute Gasteiger partial charge is 2.00 e. The fraction of sp³-hybridized carbons (Fsp3) is 0. The molecule has 2 unspecified atom stereocenters. The zero-order valence-electron chi connectivity index (χ0n) is 16.5. The van der Waals surface area contributed by atoms with Crippen molar-refractivity contribution in [2.24, 2.45) is 0 Å². The monoisotopic (exact) mass is 504 g/mol. The number of phosphoric acid groups is 2. The molecule has 4 N–H and O–H groups in total. The van der Waals surface area contributed by atoms with Crippen LogP contribution in [0.3, 0.4) is 0 Å². The fourth-order valence-electron chi connectivity index (χ4n) is 2.71. The third kappa shape index (κ3) is 9.17. The zero-order chi connectivity index (χ0) is 21.8. The predicted octanol–water partition coefficient (Wildman–Crippen LogP) is 2.15. The first-order valence-electron chi connectivity index (χ1n) is 8.53. The summed E-state index contributed by atoms with van der Waals surface area (Å²) < 4.78 is 29.7. The van der Waals surface area contributed by atoms with Gasteiger partial charge >= 0.3 is 53.4 Å². The molecule has 0 bridgehead atoms. The van der Waals surface area contributed by atoms with Gasteiger partial charge in [0.1, 0.15) is 11.5 Å². The molecule has 0 saturated heterocycles. The molecule has 0 aromatic heterocycles. The van der Waals surface area contributed by atoms with Gasteiger partial charge in [0.25, 0.3) is 0 Å². The predicted molar refractivity (Wildman–Crippen MR) is 118 cm³/mol. The van der Waals surface area contributed by atoms with Crippen LogP contribution in [0.25, 0.3) is 21.5 Å². The number of hydrogen-bond donors (Lipinski definition) is 2. The summed E-state index contributed by atoms with van der Waals surface area (Å²) in [5, 5.41) is 3.65. The molecule has 0 aliphatic heterocycles. The molecule has 32 heavy (non-hydrogen) atoms. The number of fused-ring (bicyclic) bond motifs is 2. The molecule has 0 aliphatic carbocycles. The third-order valence-electron chi connectivity index (χ3n) is 3.88. The van der Waals surface area contributed by atoms with E-state index in [2.05, 4.69) is 9.05 Å². The van der Waals surface area contributed by atoms with Crippen molar-refractivity contribution in [1.29, 1.82) is 0 Å². The molecule has 4 aromatic rings. The quantitative estimate of drug-likeness (QED) is 0.314. The van der Waals surface area contributed by atoms with Crippen molar-refractivity contribution >= 4 is 74.9 Å².